The summed E-state index contributed by atoms with van der Waals surface area (Å²) in [5, 5.41) is 16.7. The van der Waals surface area contributed by atoms with Crippen LogP contribution in [0.2, 0.25) is 0 Å². The number of H-pyrrole nitrogens is 1. The van der Waals surface area contributed by atoms with Crippen molar-refractivity contribution in [1.82, 2.24) is 20.5 Å². The minimum atomic E-state index is -0.453. The van der Waals surface area contributed by atoms with Crippen LogP contribution in [0.4, 0.5) is 4.79 Å². The number of nitrogens with zero attached hydrogens (tertiary/aromatic N) is 1. The first-order chi connectivity index (χ1) is 16.5. The Kier molecular flexibility index (Phi) is 7.37. The molecule has 8 heteroatoms. The third kappa shape index (κ3) is 5.17. The molecule has 0 saturated carbocycles. The number of amides is 3. The summed E-state index contributed by atoms with van der Waals surface area (Å²) < 4.78 is 5.99. The molecule has 2 aromatic carbocycles. The zero-order valence-corrected chi connectivity index (χ0v) is 19.7. The Bertz CT molecular complexity index is 1170. The Hall–Kier alpha value is -3.52. The van der Waals surface area contributed by atoms with Gasteiger partial charge in [0.15, 0.2) is 0 Å². The second-order valence-electron chi connectivity index (χ2n) is 8.76. The number of carbonyl (C=O) groups excluding carboxylic acids is 2. The maximum absolute atomic E-state index is 13.4. The van der Waals surface area contributed by atoms with E-state index >= 15 is 0 Å². The first-order valence-electron chi connectivity index (χ1n) is 11.7. The molecule has 3 amide bonds. The molecule has 0 radical (unpaired) electrons. The number of aliphatic hydroxyl groups excluding tert-OH is 1. The largest absolute Gasteiger partial charge is 0.492 e. The van der Waals surface area contributed by atoms with E-state index in [4.69, 9.17) is 4.74 Å². The van der Waals surface area contributed by atoms with Gasteiger partial charge in [0.2, 0.25) is 0 Å². The molecule has 1 atom stereocenters. The van der Waals surface area contributed by atoms with E-state index in [0.29, 0.717) is 30.9 Å². The van der Waals surface area contributed by atoms with Crippen LogP contribution in [-0.2, 0) is 19.4 Å². The number of carbonyl (C=O) groups is 2. The number of aryl methyl sites for hydroxylation is 1. The number of fused-ring (bicyclic) bond motifs is 2. The molecule has 1 aliphatic heterocycles. The maximum Gasteiger partial charge on any atom is 0.317 e. The molecular weight excluding hydrogens is 432 g/mol. The molecule has 1 aliphatic rings. The smallest absolute Gasteiger partial charge is 0.317 e. The number of aromatic amines is 1. The van der Waals surface area contributed by atoms with Crippen molar-refractivity contribution in [1.29, 1.82) is 0 Å². The highest BCUT2D eigenvalue weighted by Gasteiger charge is 2.23. The predicted molar refractivity (Wildman–Crippen MR) is 131 cm³/mol. The van der Waals surface area contributed by atoms with E-state index in [2.05, 4.69) is 15.6 Å². The number of hydrogen-bond donors (Lipinski definition) is 4. The van der Waals surface area contributed by atoms with Crippen LogP contribution < -0.4 is 15.4 Å². The Morgan fingerprint density at radius 3 is 2.85 bits per heavy atom. The van der Waals surface area contributed by atoms with E-state index in [1.165, 1.54) is 0 Å². The Balaban J connectivity index is 1.58. The quantitative estimate of drug-likeness (QED) is 0.431. The number of aliphatic hydroxyl groups is 1. The van der Waals surface area contributed by atoms with E-state index < -0.39 is 6.04 Å². The van der Waals surface area contributed by atoms with Gasteiger partial charge in [0.05, 0.1) is 24.8 Å². The van der Waals surface area contributed by atoms with Gasteiger partial charge in [-0.05, 0) is 54.5 Å². The number of nitrogens with one attached hydrogen (secondary N) is 3. The van der Waals surface area contributed by atoms with Crippen LogP contribution in [0, 0.1) is 0 Å². The van der Waals surface area contributed by atoms with Gasteiger partial charge in [-0.2, -0.15) is 0 Å². The van der Waals surface area contributed by atoms with Crippen LogP contribution >= 0.6 is 0 Å². The highest BCUT2D eigenvalue weighted by Crippen LogP contribution is 2.31. The van der Waals surface area contributed by atoms with Crippen molar-refractivity contribution in [2.75, 3.05) is 27.3 Å². The lowest BCUT2D eigenvalue weighted by atomic mass is 9.99. The Morgan fingerprint density at radius 1 is 1.24 bits per heavy atom. The third-order valence-electron chi connectivity index (χ3n) is 6.23. The van der Waals surface area contributed by atoms with Crippen LogP contribution in [-0.4, -0.2) is 60.3 Å². The van der Waals surface area contributed by atoms with Crippen LogP contribution in [0.15, 0.2) is 42.6 Å². The fraction of sp³-hybridized carbons (Fsp3) is 0.385. The summed E-state index contributed by atoms with van der Waals surface area (Å²) in [5.41, 5.74) is 4.33. The molecule has 2 heterocycles. The van der Waals surface area contributed by atoms with Crippen molar-refractivity contribution in [2.45, 2.75) is 38.3 Å². The average Bonchev–Trinajstić information content (AvgIpc) is 3.10. The number of urea groups is 1. The minimum absolute atomic E-state index is 0.187. The van der Waals surface area contributed by atoms with Gasteiger partial charge in [-0.1, -0.05) is 24.3 Å². The molecular formula is C26H32N4O4. The molecule has 0 saturated heterocycles. The van der Waals surface area contributed by atoms with Gasteiger partial charge in [0.25, 0.3) is 5.91 Å². The van der Waals surface area contributed by atoms with Crippen LogP contribution in [0.3, 0.4) is 0 Å². The van der Waals surface area contributed by atoms with Crippen molar-refractivity contribution >= 4 is 22.8 Å². The number of ether oxygens (including phenoxy) is 1. The zero-order valence-electron chi connectivity index (χ0n) is 19.7. The second-order valence-corrected chi connectivity index (χ2v) is 8.76. The molecule has 0 aliphatic carbocycles. The molecule has 0 spiro atoms. The third-order valence-corrected chi connectivity index (χ3v) is 6.23. The fourth-order valence-corrected chi connectivity index (χ4v) is 4.49. The number of para-hydroxylation sites is 1. The van der Waals surface area contributed by atoms with Gasteiger partial charge in [-0.15, -0.1) is 0 Å². The SMILES string of the molecule is CNC(=O)N(C)Cc1cc2c(c(C(=O)N[C@@H](CO)Cc3c[nH]c4ccccc34)c1)OCCCC2. The van der Waals surface area contributed by atoms with Crippen molar-refractivity contribution in [3.63, 3.8) is 0 Å². The van der Waals surface area contributed by atoms with Crippen LogP contribution in [0.1, 0.15) is 39.9 Å². The van der Waals surface area contributed by atoms with Gasteiger partial charge in [0, 0.05) is 37.7 Å². The summed E-state index contributed by atoms with van der Waals surface area (Å²) in [6.45, 7) is 0.739. The standard InChI is InChI=1S/C26H32N4O4/c1-27-26(33)30(2)15-17-11-18-7-5-6-10-34-24(18)22(12-17)25(32)29-20(16-31)13-19-14-28-23-9-4-3-8-21(19)23/h3-4,8-9,11-12,14,20,28,31H,5-7,10,13,15-16H2,1-2H3,(H,27,33)(H,29,32)/t20-/m1/s1. The Morgan fingerprint density at radius 2 is 2.06 bits per heavy atom. The summed E-state index contributed by atoms with van der Waals surface area (Å²) in [4.78, 5) is 30.2. The summed E-state index contributed by atoms with van der Waals surface area (Å²) in [6, 6.07) is 11.1. The molecule has 34 heavy (non-hydrogen) atoms. The van der Waals surface area contributed by atoms with Crippen LogP contribution in [0.5, 0.6) is 5.75 Å². The van der Waals surface area contributed by atoms with Crippen LogP contribution in [0.25, 0.3) is 10.9 Å². The summed E-state index contributed by atoms with van der Waals surface area (Å²) in [6.07, 6.45) is 5.12. The zero-order chi connectivity index (χ0) is 24.1. The van der Waals surface area contributed by atoms with Gasteiger partial charge < -0.3 is 30.4 Å². The lowest BCUT2D eigenvalue weighted by Gasteiger charge is -2.21. The number of rotatable bonds is 7. The topological polar surface area (TPSA) is 107 Å². The van der Waals surface area contributed by atoms with E-state index in [1.807, 2.05) is 36.5 Å². The average molecular weight is 465 g/mol. The lowest BCUT2D eigenvalue weighted by Crippen LogP contribution is -2.39. The molecule has 0 bridgehead atoms. The van der Waals surface area contributed by atoms with E-state index in [-0.39, 0.29) is 18.5 Å². The summed E-state index contributed by atoms with van der Waals surface area (Å²) in [5.74, 6) is 0.312. The summed E-state index contributed by atoms with van der Waals surface area (Å²) in [7, 11) is 3.30. The summed E-state index contributed by atoms with van der Waals surface area (Å²) >= 11 is 0. The predicted octanol–water partition coefficient (Wildman–Crippen LogP) is 2.99. The molecule has 8 nitrogen and oxygen atoms in total. The van der Waals surface area contributed by atoms with E-state index in [0.717, 1.165) is 46.9 Å². The number of benzene rings is 2. The molecule has 4 N–H and O–H groups in total. The second kappa shape index (κ2) is 10.6. The molecule has 3 aromatic rings. The van der Waals surface area contributed by atoms with Gasteiger partial charge in [0.1, 0.15) is 5.75 Å². The van der Waals surface area contributed by atoms with Gasteiger partial charge >= 0.3 is 6.03 Å². The van der Waals surface area contributed by atoms with E-state index in [9.17, 15) is 14.7 Å². The molecule has 4 rings (SSSR count). The highest BCUT2D eigenvalue weighted by atomic mass is 16.5. The molecule has 0 unspecified atom stereocenters. The van der Waals surface area contributed by atoms with Crippen molar-refractivity contribution in [2.24, 2.45) is 0 Å². The van der Waals surface area contributed by atoms with E-state index in [1.54, 1.807) is 25.1 Å². The molecule has 180 valence electrons. The first-order valence-corrected chi connectivity index (χ1v) is 11.7. The minimum Gasteiger partial charge on any atom is -0.492 e. The Labute approximate surface area is 199 Å². The number of aromatic nitrogens is 1. The maximum atomic E-state index is 13.4. The monoisotopic (exact) mass is 464 g/mol. The van der Waals surface area contributed by atoms with Crippen molar-refractivity contribution in [3.05, 3.63) is 64.8 Å². The van der Waals surface area contributed by atoms with Crippen molar-refractivity contribution < 1.29 is 19.4 Å². The molecule has 0 fully saturated rings. The first kappa shape index (κ1) is 23.6. The normalized spacial score (nSPS) is 14.0. The van der Waals surface area contributed by atoms with Gasteiger partial charge in [-0.25, -0.2) is 4.79 Å². The van der Waals surface area contributed by atoms with Crippen molar-refractivity contribution in [3.8, 4) is 5.75 Å². The molecule has 1 aromatic heterocycles. The fourth-order valence-electron chi connectivity index (χ4n) is 4.49. The van der Waals surface area contributed by atoms with Gasteiger partial charge in [-0.3, -0.25) is 4.79 Å². The number of hydrogen-bond acceptors (Lipinski definition) is 4. The lowest BCUT2D eigenvalue weighted by molar-refractivity contribution is 0.0912. The highest BCUT2D eigenvalue weighted by molar-refractivity contribution is 5.98.